The zero-order valence-electron chi connectivity index (χ0n) is 12.0. The van der Waals surface area contributed by atoms with E-state index < -0.39 is 49.7 Å². The van der Waals surface area contributed by atoms with Crippen molar-refractivity contribution in [3.8, 4) is 0 Å². The van der Waals surface area contributed by atoms with Crippen LogP contribution in [0.25, 0.3) is 0 Å². The molecule has 130 valence electrons. The molecule has 1 saturated heterocycles. The minimum absolute atomic E-state index is 0.210. The van der Waals surface area contributed by atoms with E-state index in [0.29, 0.717) is 0 Å². The fourth-order valence-electron chi connectivity index (χ4n) is 2.04. The average Bonchev–Trinajstić information content (AvgIpc) is 2.70. The Morgan fingerprint density at radius 2 is 2.17 bits per heavy atom. The number of aliphatic hydroxyl groups excluding tert-OH is 2. The smallest absolute Gasteiger partial charge is 0.332 e. The normalized spacial score (nSPS) is 33.5. The van der Waals surface area contributed by atoms with E-state index in [-0.39, 0.29) is 10.7 Å². The van der Waals surface area contributed by atoms with E-state index in [1.165, 1.54) is 6.92 Å². The molecule has 1 aliphatic heterocycles. The maximum Gasteiger partial charge on any atom is 0.332 e. The Bertz CT molecular complexity index is 735. The molecule has 1 fully saturated rings. The molecule has 0 amide bonds. The molecular formula is C11H16FN2O8P. The molecule has 0 spiro atoms. The van der Waals surface area contributed by atoms with Gasteiger partial charge in [-0.15, -0.1) is 0 Å². The lowest BCUT2D eigenvalue weighted by Crippen LogP contribution is -2.48. The lowest BCUT2D eigenvalue weighted by molar-refractivity contribution is -0.239. The third kappa shape index (κ3) is 3.44. The van der Waals surface area contributed by atoms with E-state index >= 15 is 0 Å². The van der Waals surface area contributed by atoms with Gasteiger partial charge in [-0.1, -0.05) is 6.92 Å². The summed E-state index contributed by atoms with van der Waals surface area (Å²) in [7, 11) is -3.91. The molecule has 0 aliphatic carbocycles. The zero-order chi connectivity index (χ0) is 17.4. The summed E-state index contributed by atoms with van der Waals surface area (Å²) < 4.78 is 36.0. The van der Waals surface area contributed by atoms with Crippen LogP contribution in [0.1, 0.15) is 6.92 Å². The van der Waals surface area contributed by atoms with E-state index in [2.05, 4.69) is 4.52 Å². The second-order valence-corrected chi connectivity index (χ2v) is 7.10. The summed E-state index contributed by atoms with van der Waals surface area (Å²) in [6.07, 6.45) is -4.96. The Hall–Kier alpha value is -1.36. The van der Waals surface area contributed by atoms with Crippen molar-refractivity contribution in [2.45, 2.75) is 31.2 Å². The summed E-state index contributed by atoms with van der Waals surface area (Å²) in [5.74, 6) is -3.17. The molecule has 0 aromatic carbocycles. The van der Waals surface area contributed by atoms with Gasteiger partial charge in [0.2, 0.25) is 0 Å². The summed E-state index contributed by atoms with van der Waals surface area (Å²) >= 11 is 0. The van der Waals surface area contributed by atoms with Gasteiger partial charge >= 0.3 is 19.3 Å². The highest BCUT2D eigenvalue weighted by Crippen LogP contribution is 2.43. The van der Waals surface area contributed by atoms with Crippen LogP contribution in [0.2, 0.25) is 0 Å². The summed E-state index contributed by atoms with van der Waals surface area (Å²) in [5.41, 5.74) is -1.99. The lowest BCUT2D eigenvalue weighted by atomic mass is 10.1. The van der Waals surface area contributed by atoms with Crippen molar-refractivity contribution in [3.63, 3.8) is 0 Å². The SMILES string of the molecule is CCP(=O)(O)OC[C@H]1O[C@@](F)(n2ccc(=O)[nH]c2=O)[C@H](O)[C@@H]1O. The second kappa shape index (κ2) is 6.27. The van der Waals surface area contributed by atoms with Gasteiger partial charge < -0.3 is 24.4 Å². The molecule has 5 atom stereocenters. The Balaban J connectivity index is 2.26. The summed E-state index contributed by atoms with van der Waals surface area (Å²) in [5, 5.41) is 19.6. The summed E-state index contributed by atoms with van der Waals surface area (Å²) in [6, 6.07) is 0.827. The number of aromatic amines is 1. The van der Waals surface area contributed by atoms with Crippen LogP contribution in [0.15, 0.2) is 21.9 Å². The van der Waals surface area contributed by atoms with Crippen molar-refractivity contribution in [2.75, 3.05) is 12.8 Å². The van der Waals surface area contributed by atoms with E-state index in [0.717, 1.165) is 12.3 Å². The van der Waals surface area contributed by atoms with Gasteiger partial charge in [-0.25, -0.2) is 9.36 Å². The number of rotatable bonds is 5. The largest absolute Gasteiger partial charge is 0.387 e. The number of hydrogen-bond donors (Lipinski definition) is 4. The Kier molecular flexibility index (Phi) is 4.90. The molecule has 0 radical (unpaired) electrons. The standard InChI is InChI=1S/C11H16FN2O8P/c1-2-23(19,20)21-5-6-8(16)9(17)11(12,22-6)14-4-3-7(15)13-10(14)18/h3-4,6,8-9,16-17H,2,5H2,1H3,(H,19,20)(H,13,15,18)/t6-,8-,9-,11+/m1/s1. The van der Waals surface area contributed by atoms with Crippen molar-refractivity contribution in [1.29, 1.82) is 0 Å². The van der Waals surface area contributed by atoms with Crippen LogP contribution in [0.3, 0.4) is 0 Å². The summed E-state index contributed by atoms with van der Waals surface area (Å²) in [6.45, 7) is 0.713. The van der Waals surface area contributed by atoms with Gasteiger partial charge in [-0.05, 0) is 0 Å². The van der Waals surface area contributed by atoms with Crippen molar-refractivity contribution >= 4 is 7.60 Å². The summed E-state index contributed by atoms with van der Waals surface area (Å²) in [4.78, 5) is 33.7. The van der Waals surface area contributed by atoms with Crippen LogP contribution in [0.4, 0.5) is 4.39 Å². The fraction of sp³-hybridized carbons (Fsp3) is 0.636. The van der Waals surface area contributed by atoms with Crippen LogP contribution < -0.4 is 11.2 Å². The van der Waals surface area contributed by atoms with Crippen molar-refractivity contribution < 1.29 is 33.3 Å². The topological polar surface area (TPSA) is 151 Å². The van der Waals surface area contributed by atoms with Crippen LogP contribution in [0, 0.1) is 0 Å². The quantitative estimate of drug-likeness (QED) is 0.464. The number of hydrogen-bond acceptors (Lipinski definition) is 7. The molecule has 1 unspecified atom stereocenters. The molecule has 4 N–H and O–H groups in total. The molecule has 2 rings (SSSR count). The number of alkyl halides is 1. The van der Waals surface area contributed by atoms with Gasteiger partial charge in [0, 0.05) is 18.4 Å². The second-order valence-electron chi connectivity index (χ2n) is 4.93. The third-order valence-electron chi connectivity index (χ3n) is 3.38. The molecule has 12 heteroatoms. The first kappa shape index (κ1) is 18.0. The van der Waals surface area contributed by atoms with E-state index in [1.54, 1.807) is 4.98 Å². The van der Waals surface area contributed by atoms with Crippen molar-refractivity contribution in [3.05, 3.63) is 33.1 Å². The van der Waals surface area contributed by atoms with E-state index in [9.17, 15) is 33.7 Å². The first-order valence-corrected chi connectivity index (χ1v) is 8.38. The lowest BCUT2D eigenvalue weighted by Gasteiger charge is -2.24. The Morgan fingerprint density at radius 1 is 1.52 bits per heavy atom. The van der Waals surface area contributed by atoms with Gasteiger partial charge in [0.1, 0.15) is 12.2 Å². The van der Waals surface area contributed by atoms with Crippen LogP contribution in [-0.4, -0.2) is 55.7 Å². The van der Waals surface area contributed by atoms with Crippen LogP contribution in [-0.2, 0) is 19.8 Å². The van der Waals surface area contributed by atoms with Gasteiger partial charge in [0.15, 0.2) is 6.10 Å². The number of nitrogens with one attached hydrogen (secondary N) is 1. The molecule has 10 nitrogen and oxygen atoms in total. The molecule has 0 bridgehead atoms. The first-order chi connectivity index (χ1) is 10.6. The minimum Gasteiger partial charge on any atom is -0.387 e. The van der Waals surface area contributed by atoms with E-state index in [1.807, 2.05) is 0 Å². The highest BCUT2D eigenvalue weighted by atomic mass is 31.2. The number of H-pyrrole nitrogens is 1. The maximum atomic E-state index is 14.9. The van der Waals surface area contributed by atoms with Crippen molar-refractivity contribution in [2.24, 2.45) is 0 Å². The molecule has 1 aromatic rings. The molecule has 0 saturated carbocycles. The zero-order valence-corrected chi connectivity index (χ0v) is 12.9. The third-order valence-corrected chi connectivity index (χ3v) is 4.73. The first-order valence-electron chi connectivity index (χ1n) is 6.62. The number of ether oxygens (including phenoxy) is 1. The number of aromatic nitrogens is 2. The van der Waals surface area contributed by atoms with Gasteiger partial charge in [-0.2, -0.15) is 4.39 Å². The predicted molar refractivity (Wildman–Crippen MR) is 73.6 cm³/mol. The molecule has 2 heterocycles. The number of halogens is 1. The molecular weight excluding hydrogens is 338 g/mol. The fourth-order valence-corrected chi connectivity index (χ4v) is 2.60. The highest BCUT2D eigenvalue weighted by molar-refractivity contribution is 7.52. The molecule has 23 heavy (non-hydrogen) atoms. The molecule has 1 aromatic heterocycles. The van der Waals surface area contributed by atoms with Gasteiger partial charge in [0.25, 0.3) is 5.56 Å². The number of nitrogens with zero attached hydrogens (tertiary/aromatic N) is 1. The van der Waals surface area contributed by atoms with E-state index in [4.69, 9.17) is 4.74 Å². The predicted octanol–water partition coefficient (Wildman–Crippen LogP) is -1.54. The van der Waals surface area contributed by atoms with Crippen LogP contribution in [0.5, 0.6) is 0 Å². The van der Waals surface area contributed by atoms with Gasteiger partial charge in [-0.3, -0.25) is 14.3 Å². The average molecular weight is 354 g/mol. The monoisotopic (exact) mass is 354 g/mol. The Labute approximate surface area is 128 Å². The van der Waals surface area contributed by atoms with Crippen molar-refractivity contribution in [1.82, 2.24) is 9.55 Å². The maximum absolute atomic E-state index is 14.9. The minimum atomic E-state index is -3.91. The van der Waals surface area contributed by atoms with Crippen LogP contribution >= 0.6 is 7.60 Å². The molecule has 1 aliphatic rings. The Morgan fingerprint density at radius 3 is 2.74 bits per heavy atom. The highest BCUT2D eigenvalue weighted by Gasteiger charge is 2.57. The van der Waals surface area contributed by atoms with Gasteiger partial charge in [0.05, 0.1) is 6.61 Å². The number of aliphatic hydroxyl groups is 2.